The Morgan fingerprint density at radius 3 is 1.06 bits per heavy atom. The molecule has 7 fully saturated rings. The van der Waals surface area contributed by atoms with Crippen LogP contribution in [0.5, 0.6) is 0 Å². The van der Waals surface area contributed by atoms with E-state index in [1.165, 1.54) is 37.3 Å². The number of nitrogens with one attached hydrogen (secondary N) is 9. The van der Waals surface area contributed by atoms with Gasteiger partial charge in [-0.2, -0.15) is 0 Å². The molecule has 8 aliphatic heterocycles. The molecule has 11 aliphatic rings. The van der Waals surface area contributed by atoms with Crippen molar-refractivity contribution in [3.05, 3.63) is 254 Å². The summed E-state index contributed by atoms with van der Waals surface area (Å²) in [4.78, 5) is 124. The highest BCUT2D eigenvalue weighted by molar-refractivity contribution is 6.34. The van der Waals surface area contributed by atoms with Crippen LogP contribution in [0.3, 0.4) is 0 Å². The molecule has 0 radical (unpaired) electrons. The number of amides is 5. The quantitative estimate of drug-likeness (QED) is 0.0280. The summed E-state index contributed by atoms with van der Waals surface area (Å²) in [6, 6.07) is 34.6. The smallest absolute Gasteiger partial charge is 0.237 e. The first kappa shape index (κ1) is 113. The zero-order chi connectivity index (χ0) is 108. The van der Waals surface area contributed by atoms with Crippen molar-refractivity contribution in [1.82, 2.24) is 26.6 Å². The van der Waals surface area contributed by atoms with E-state index in [0.717, 1.165) is 12.8 Å². The number of aliphatic hydroxyl groups excluding tert-OH is 4. The van der Waals surface area contributed by atoms with Gasteiger partial charge in [-0.15, -0.1) is 0 Å². The number of benzene rings is 8. The molecule has 8 aromatic rings. The third-order valence-corrected chi connectivity index (χ3v) is 34.3. The molecule has 8 aromatic carbocycles. The summed E-state index contributed by atoms with van der Waals surface area (Å²) in [5, 5.41) is 69.9. The Morgan fingerprint density at radius 1 is 0.396 bits per heavy atom. The highest BCUT2D eigenvalue weighted by atomic mass is 35.5. The number of ketones is 4. The molecular formula is C115H131Cl8F4N9O13. The fraction of sp³-hybridized carbons (Fsp3) is 0.504. The molecule has 13 N–H and O–H groups in total. The molecule has 3 saturated carbocycles. The third-order valence-electron chi connectivity index (χ3n) is 32.2. The normalized spacial score (nSPS) is 29.4. The van der Waals surface area contributed by atoms with Gasteiger partial charge in [0, 0.05) is 129 Å². The van der Waals surface area contributed by atoms with Crippen LogP contribution in [-0.2, 0) is 64.8 Å². The minimum atomic E-state index is -1.33. The number of halogens is 12. The first-order valence-corrected chi connectivity index (χ1v) is 54.4. The second kappa shape index (κ2) is 44.0. The van der Waals surface area contributed by atoms with Gasteiger partial charge in [0.1, 0.15) is 50.7 Å². The summed E-state index contributed by atoms with van der Waals surface area (Å²) < 4.78 is 62.2. The Bertz CT molecular complexity index is 6360. The maximum absolute atomic E-state index is 15.8. The summed E-state index contributed by atoms with van der Waals surface area (Å²) >= 11 is 50.0. The number of carbonyl (C=O) groups is 9. The van der Waals surface area contributed by atoms with Crippen LogP contribution in [0.2, 0.25) is 40.2 Å². The molecule has 23 atom stereocenters. The first-order chi connectivity index (χ1) is 70.0. The third kappa shape index (κ3) is 22.4. The van der Waals surface area contributed by atoms with E-state index in [1.807, 2.05) is 45.0 Å². The molecule has 2 unspecified atom stereocenters. The number of rotatable bonds is 22. The Kier molecular flexibility index (Phi) is 33.4. The van der Waals surface area contributed by atoms with Crippen molar-refractivity contribution in [3.63, 3.8) is 0 Å². The Morgan fingerprint density at radius 2 is 0.732 bits per heavy atom. The van der Waals surface area contributed by atoms with Gasteiger partial charge in [-0.1, -0.05) is 243 Å². The van der Waals surface area contributed by atoms with E-state index in [4.69, 9.17) is 92.8 Å². The Hall–Kier alpha value is -8.49. The molecule has 149 heavy (non-hydrogen) atoms. The van der Waals surface area contributed by atoms with Crippen molar-refractivity contribution in [2.24, 2.45) is 39.4 Å². The zero-order valence-corrected chi connectivity index (χ0v) is 91.6. The summed E-state index contributed by atoms with van der Waals surface area (Å²) in [6.07, 6.45) is 5.98. The van der Waals surface area contributed by atoms with E-state index in [-0.39, 0.29) is 161 Å². The van der Waals surface area contributed by atoms with Gasteiger partial charge in [-0.25, -0.2) is 17.6 Å². The van der Waals surface area contributed by atoms with Crippen molar-refractivity contribution in [2.75, 3.05) is 27.8 Å². The second-order valence-electron chi connectivity index (χ2n) is 47.6. The molecule has 5 amide bonds. The molecule has 4 spiro atoms. The van der Waals surface area contributed by atoms with Gasteiger partial charge in [0.05, 0.1) is 68.7 Å². The minimum Gasteiger partial charge on any atom is -0.393 e. The van der Waals surface area contributed by atoms with Gasteiger partial charge in [-0.3, -0.25) is 43.2 Å². The van der Waals surface area contributed by atoms with Crippen LogP contribution in [0.1, 0.15) is 267 Å². The fourth-order valence-corrected chi connectivity index (χ4v) is 27.6. The highest BCUT2D eigenvalue weighted by Gasteiger charge is 2.71. The molecule has 34 heteroatoms. The average molecular weight is 2210 g/mol. The molecule has 0 aromatic heterocycles. The molecule has 22 nitrogen and oxygen atoms in total. The fourth-order valence-electron chi connectivity index (χ4n) is 26.2. The van der Waals surface area contributed by atoms with Crippen LogP contribution in [0.4, 0.5) is 40.3 Å². The summed E-state index contributed by atoms with van der Waals surface area (Å²) in [5.41, 5.74) is 0.179. The molecule has 4 saturated heterocycles. The maximum Gasteiger partial charge on any atom is 0.237 e. The van der Waals surface area contributed by atoms with Crippen molar-refractivity contribution in [2.45, 2.75) is 317 Å². The monoisotopic (exact) mass is 2200 g/mol. The van der Waals surface area contributed by atoms with Crippen molar-refractivity contribution < 1.29 is 81.1 Å². The summed E-state index contributed by atoms with van der Waals surface area (Å²) in [6.45, 7) is 26.5. The van der Waals surface area contributed by atoms with Gasteiger partial charge < -0.3 is 68.3 Å². The largest absolute Gasteiger partial charge is 0.393 e. The van der Waals surface area contributed by atoms with E-state index >= 15 is 13.2 Å². The van der Waals surface area contributed by atoms with E-state index in [0.29, 0.717) is 141 Å². The first-order valence-electron chi connectivity index (χ1n) is 51.4. The molecule has 8 heterocycles. The highest BCUT2D eigenvalue weighted by Crippen LogP contribution is 2.64. The standard InChI is InChI=1S/2C29H33Cl2FN2O3.C29H31Cl2FN2O3.C28H34Cl2FN3O4/c3*1-28(2,3)14-23-29(19-10-8-16(30)13-21(19)33-27(29)37)24(18-5-4-6-20(31)25(18)32)26(34-23)22(36)12-15-7-9-17(35)11-15;1-14(35)21(36)8-9-32-25(37)24-23(15-6-5-7-16(29)10-15)28(22(34-24)13-27(2,3)4)17-11-19(31)18(30)12-20(17)33-26(28)38/h2*4-6,8,10,13,15,17,23-24,26,34-35H,7,9,11-12,14H2,1-3H3,(H,33,37);4-6,8,10,13,15,23-24,26,34H,7,9,11-12,14H2,1-3H3,(H,33,37);5-7,10-12,14,21-24,34-36H,8-9,13H2,1-4H3,(H,32,37)(H,33,38)/t15-,17+,23+,24-,26-,29-;15-,17-,23+,24-,26-,29-;15-,23+,24-,26-,29-;14?,21?,22-,23+,24-,28+/m0001/s1. The van der Waals surface area contributed by atoms with Gasteiger partial charge in [0.15, 0.2) is 17.3 Å². The molecule has 0 bridgehead atoms. The van der Waals surface area contributed by atoms with E-state index in [2.05, 4.69) is 110 Å². The topological polar surface area (TPSA) is 343 Å². The zero-order valence-electron chi connectivity index (χ0n) is 85.6. The lowest BCUT2D eigenvalue weighted by Gasteiger charge is -2.37. The van der Waals surface area contributed by atoms with Gasteiger partial charge >= 0.3 is 0 Å². The lowest BCUT2D eigenvalue weighted by atomic mass is 9.62. The molecule has 3 aliphatic carbocycles. The van der Waals surface area contributed by atoms with Crippen LogP contribution in [0, 0.1) is 62.7 Å². The van der Waals surface area contributed by atoms with Gasteiger partial charge in [0.25, 0.3) is 0 Å². The summed E-state index contributed by atoms with van der Waals surface area (Å²) in [5.74, 6) is -7.30. The predicted octanol–water partition coefficient (Wildman–Crippen LogP) is 22.3. The number of hydrogen-bond donors (Lipinski definition) is 13. The Labute approximate surface area is 907 Å². The van der Waals surface area contributed by atoms with E-state index in [1.54, 1.807) is 91.0 Å². The van der Waals surface area contributed by atoms with E-state index < -0.39 is 141 Å². The lowest BCUT2D eigenvalue weighted by molar-refractivity contribution is -0.125. The van der Waals surface area contributed by atoms with Crippen molar-refractivity contribution in [1.29, 1.82) is 0 Å². The van der Waals surface area contributed by atoms with Crippen molar-refractivity contribution in [3.8, 4) is 0 Å². The number of fused-ring (bicyclic) bond motifs is 8. The number of anilines is 4. The second-order valence-corrected chi connectivity index (χ2v) is 51.0. The molecule has 19 rings (SSSR count). The molecular weight excluding hydrogens is 2070 g/mol. The van der Waals surface area contributed by atoms with Crippen LogP contribution < -0.4 is 47.9 Å². The maximum atomic E-state index is 15.8. The van der Waals surface area contributed by atoms with Crippen molar-refractivity contribution >= 4 is 168 Å². The van der Waals surface area contributed by atoms with E-state index in [9.17, 15) is 68.0 Å². The molecule has 798 valence electrons. The SMILES string of the molecule is CC(C)(C)C[C@H]1N[C@@H](C(=O)C[C@H]2CCC(=O)C2)[C@H](c2cccc(Cl)c2F)[C@@]12C(=O)Nc1cc(Cl)ccc12.CC(C)(C)C[C@H]1N[C@@H](C(=O)C[C@H]2CC[C@@H](O)C2)[C@H](c2cccc(Cl)c2F)[C@@]12C(=O)Nc1cc(Cl)ccc12.CC(C)(C)C[C@H]1N[C@@H](C(=O)C[C@H]2CC[C@H](O)C2)[C@H](c2cccc(Cl)c2F)[C@@]12C(=O)Nc1cc(Cl)ccc12.CC(O)C(O)CCNC(=O)[C@@H]1N[C@H](CC(C)(C)C)[C@]2(C(=O)Nc3cc(Cl)c(F)cc32)[C@H]1c1cccc(Cl)c1. The average Bonchev–Trinajstić information content (AvgIpc) is 1.54. The minimum absolute atomic E-state index is 0.0345. The van der Waals surface area contributed by atoms with Crippen LogP contribution >= 0.6 is 92.8 Å². The Balaban J connectivity index is 0.000000142. The number of Topliss-reactive ketones (excluding diaryl/α,β-unsaturated/α-hetero) is 4. The van der Waals surface area contributed by atoms with Crippen LogP contribution in [-0.4, -0.2) is 152 Å². The number of carbonyl (C=O) groups excluding carboxylic acids is 9. The lowest BCUT2D eigenvalue weighted by Crippen LogP contribution is -2.49. The number of hydrogen-bond acceptors (Lipinski definition) is 17. The predicted molar refractivity (Wildman–Crippen MR) is 576 cm³/mol. The number of aliphatic hydroxyl groups is 4. The summed E-state index contributed by atoms with van der Waals surface area (Å²) in [7, 11) is 0. The van der Waals surface area contributed by atoms with Crippen LogP contribution in [0.15, 0.2) is 146 Å². The van der Waals surface area contributed by atoms with Gasteiger partial charge in [0.2, 0.25) is 29.5 Å². The van der Waals surface area contributed by atoms with Crippen LogP contribution in [0.25, 0.3) is 0 Å². The van der Waals surface area contributed by atoms with Gasteiger partial charge in [-0.05, 0) is 247 Å².